The lowest BCUT2D eigenvalue weighted by molar-refractivity contribution is 0.984. The molecular weight excluding hydrogens is 134 g/mol. The molecule has 0 aliphatic heterocycles. The topological polar surface area (TPSA) is 73.7 Å². The van der Waals surface area contributed by atoms with E-state index in [4.69, 9.17) is 16.4 Å². The standard InChI is InChI=1S/C5H9N3S/c6-3-1-2-4-9-5(7)8/h1-2,4H2,(H3,7,8). The smallest absolute Gasteiger partial charge is 0.151 e. The molecule has 0 spiro atoms. The highest BCUT2D eigenvalue weighted by Crippen LogP contribution is 2.01. The van der Waals surface area contributed by atoms with Crippen LogP contribution in [0.15, 0.2) is 0 Å². The van der Waals surface area contributed by atoms with E-state index in [1.54, 1.807) is 0 Å². The zero-order chi connectivity index (χ0) is 7.11. The van der Waals surface area contributed by atoms with E-state index < -0.39 is 0 Å². The summed E-state index contributed by atoms with van der Waals surface area (Å²) in [4.78, 5) is 0. The van der Waals surface area contributed by atoms with Gasteiger partial charge in [-0.15, -0.1) is 0 Å². The Hall–Kier alpha value is -0.690. The zero-order valence-corrected chi connectivity index (χ0v) is 5.87. The molecule has 0 aliphatic rings. The Bertz CT molecular complexity index is 127. The summed E-state index contributed by atoms with van der Waals surface area (Å²) in [7, 11) is 0. The summed E-state index contributed by atoms with van der Waals surface area (Å²) < 4.78 is 0. The predicted molar refractivity (Wildman–Crippen MR) is 39.2 cm³/mol. The summed E-state index contributed by atoms with van der Waals surface area (Å²) in [5, 5.41) is 15.0. The average Bonchev–Trinajstić information content (AvgIpc) is 1.80. The molecule has 0 heterocycles. The van der Waals surface area contributed by atoms with Gasteiger partial charge in [0.1, 0.15) is 0 Å². The van der Waals surface area contributed by atoms with Crippen LogP contribution >= 0.6 is 11.8 Å². The summed E-state index contributed by atoms with van der Waals surface area (Å²) in [6.07, 6.45) is 1.38. The number of hydrogen-bond acceptors (Lipinski definition) is 3. The molecule has 0 amide bonds. The summed E-state index contributed by atoms with van der Waals surface area (Å²) >= 11 is 1.28. The lowest BCUT2D eigenvalue weighted by Crippen LogP contribution is -2.04. The van der Waals surface area contributed by atoms with Gasteiger partial charge in [0.25, 0.3) is 0 Å². The van der Waals surface area contributed by atoms with E-state index in [9.17, 15) is 0 Å². The first kappa shape index (κ1) is 8.31. The number of nitriles is 1. The van der Waals surface area contributed by atoms with Crippen molar-refractivity contribution in [2.75, 3.05) is 5.75 Å². The van der Waals surface area contributed by atoms with Crippen LogP contribution in [0.25, 0.3) is 0 Å². The molecule has 0 atom stereocenters. The van der Waals surface area contributed by atoms with Crippen molar-refractivity contribution in [1.82, 2.24) is 0 Å². The Morgan fingerprint density at radius 3 is 2.89 bits per heavy atom. The van der Waals surface area contributed by atoms with Crippen LogP contribution in [0.2, 0.25) is 0 Å². The Kier molecular flexibility index (Phi) is 5.03. The number of nitrogens with two attached hydrogens (primary N) is 1. The van der Waals surface area contributed by atoms with Crippen molar-refractivity contribution in [3.8, 4) is 6.07 Å². The Balaban J connectivity index is 2.94. The monoisotopic (exact) mass is 143 g/mol. The predicted octanol–water partition coefficient (Wildman–Crippen LogP) is 0.917. The van der Waals surface area contributed by atoms with Crippen molar-refractivity contribution in [2.24, 2.45) is 5.73 Å². The fraction of sp³-hybridized carbons (Fsp3) is 0.600. The minimum Gasteiger partial charge on any atom is -0.379 e. The second kappa shape index (κ2) is 5.45. The van der Waals surface area contributed by atoms with Crippen LogP contribution in [0, 0.1) is 16.7 Å². The molecule has 0 fully saturated rings. The molecule has 0 aliphatic carbocycles. The maximum atomic E-state index is 8.09. The molecule has 0 aromatic rings. The van der Waals surface area contributed by atoms with Gasteiger partial charge in [0.15, 0.2) is 5.17 Å². The number of nitrogens with zero attached hydrogens (tertiary/aromatic N) is 1. The molecule has 0 aromatic carbocycles. The maximum Gasteiger partial charge on any atom is 0.151 e. The molecular formula is C5H9N3S. The third kappa shape index (κ3) is 7.31. The molecule has 9 heavy (non-hydrogen) atoms. The first-order valence-corrected chi connectivity index (χ1v) is 3.59. The summed E-state index contributed by atoms with van der Waals surface area (Å²) in [5.41, 5.74) is 5.04. The van der Waals surface area contributed by atoms with Crippen LogP contribution < -0.4 is 5.73 Å². The quantitative estimate of drug-likeness (QED) is 0.350. The molecule has 0 bridgehead atoms. The first-order chi connectivity index (χ1) is 4.27. The van der Waals surface area contributed by atoms with Gasteiger partial charge >= 0.3 is 0 Å². The number of rotatable bonds is 3. The lowest BCUT2D eigenvalue weighted by atomic mass is 10.4. The molecule has 0 saturated heterocycles. The van der Waals surface area contributed by atoms with Crippen LogP contribution in [-0.2, 0) is 0 Å². The van der Waals surface area contributed by atoms with Gasteiger partial charge in [-0.3, -0.25) is 5.41 Å². The van der Waals surface area contributed by atoms with E-state index in [-0.39, 0.29) is 5.17 Å². The van der Waals surface area contributed by atoms with E-state index in [0.717, 1.165) is 12.2 Å². The molecule has 0 rings (SSSR count). The minimum atomic E-state index is 0.132. The van der Waals surface area contributed by atoms with E-state index in [0.29, 0.717) is 6.42 Å². The van der Waals surface area contributed by atoms with Crippen LogP contribution in [0.1, 0.15) is 12.8 Å². The van der Waals surface area contributed by atoms with Crippen molar-refractivity contribution in [2.45, 2.75) is 12.8 Å². The molecule has 4 heteroatoms. The molecule has 3 N–H and O–H groups in total. The molecule has 0 saturated carbocycles. The van der Waals surface area contributed by atoms with E-state index in [1.165, 1.54) is 11.8 Å². The van der Waals surface area contributed by atoms with E-state index in [2.05, 4.69) is 0 Å². The molecule has 50 valence electrons. The van der Waals surface area contributed by atoms with Gasteiger partial charge in [-0.2, -0.15) is 5.26 Å². The van der Waals surface area contributed by atoms with Gasteiger partial charge < -0.3 is 5.73 Å². The van der Waals surface area contributed by atoms with Crippen molar-refractivity contribution in [1.29, 1.82) is 10.7 Å². The second-order valence-electron chi connectivity index (χ2n) is 1.47. The third-order valence-electron chi connectivity index (χ3n) is 0.690. The van der Waals surface area contributed by atoms with Crippen LogP contribution in [0.4, 0.5) is 0 Å². The van der Waals surface area contributed by atoms with Crippen LogP contribution in [0.5, 0.6) is 0 Å². The van der Waals surface area contributed by atoms with Crippen molar-refractivity contribution < 1.29 is 0 Å². The lowest BCUT2D eigenvalue weighted by Gasteiger charge is -1.92. The number of hydrogen-bond donors (Lipinski definition) is 2. The first-order valence-electron chi connectivity index (χ1n) is 2.61. The Labute approximate surface area is 58.7 Å². The number of unbranched alkanes of at least 4 members (excludes halogenated alkanes) is 1. The normalized spacial score (nSPS) is 8.33. The fourth-order valence-electron chi connectivity index (χ4n) is 0.333. The van der Waals surface area contributed by atoms with Gasteiger partial charge in [0, 0.05) is 12.2 Å². The van der Waals surface area contributed by atoms with Gasteiger partial charge in [0.05, 0.1) is 6.07 Å². The molecule has 0 aromatic heterocycles. The fourth-order valence-corrected chi connectivity index (χ4v) is 0.842. The molecule has 0 unspecified atom stereocenters. The number of thioether (sulfide) groups is 1. The summed E-state index contributed by atoms with van der Waals surface area (Å²) in [6.45, 7) is 0. The highest BCUT2D eigenvalue weighted by molar-refractivity contribution is 8.13. The summed E-state index contributed by atoms with van der Waals surface area (Å²) in [5.74, 6) is 0.781. The van der Waals surface area contributed by atoms with E-state index >= 15 is 0 Å². The number of nitrogens with one attached hydrogen (secondary N) is 1. The maximum absolute atomic E-state index is 8.09. The Morgan fingerprint density at radius 2 is 2.44 bits per heavy atom. The van der Waals surface area contributed by atoms with Gasteiger partial charge in [0.2, 0.25) is 0 Å². The molecule has 0 radical (unpaired) electrons. The Morgan fingerprint density at radius 1 is 1.78 bits per heavy atom. The highest BCUT2D eigenvalue weighted by atomic mass is 32.2. The van der Waals surface area contributed by atoms with Crippen molar-refractivity contribution in [3.05, 3.63) is 0 Å². The van der Waals surface area contributed by atoms with Gasteiger partial charge in [-0.25, -0.2) is 0 Å². The SMILES string of the molecule is N#CCCCSC(=N)N. The van der Waals surface area contributed by atoms with Gasteiger partial charge in [-0.1, -0.05) is 11.8 Å². The van der Waals surface area contributed by atoms with Crippen molar-refractivity contribution in [3.63, 3.8) is 0 Å². The van der Waals surface area contributed by atoms with Crippen molar-refractivity contribution >= 4 is 16.9 Å². The number of amidine groups is 1. The van der Waals surface area contributed by atoms with Crippen LogP contribution in [0.3, 0.4) is 0 Å². The third-order valence-corrected chi connectivity index (χ3v) is 1.49. The highest BCUT2D eigenvalue weighted by Gasteiger charge is 1.89. The van der Waals surface area contributed by atoms with E-state index in [1.807, 2.05) is 6.07 Å². The van der Waals surface area contributed by atoms with Gasteiger partial charge in [-0.05, 0) is 6.42 Å². The average molecular weight is 143 g/mol. The minimum absolute atomic E-state index is 0.132. The zero-order valence-electron chi connectivity index (χ0n) is 5.05. The second-order valence-corrected chi connectivity index (χ2v) is 2.61. The summed E-state index contributed by atoms with van der Waals surface area (Å²) in [6, 6.07) is 2.02. The van der Waals surface area contributed by atoms with Crippen LogP contribution in [-0.4, -0.2) is 10.9 Å². The largest absolute Gasteiger partial charge is 0.379 e. The molecule has 3 nitrogen and oxygen atoms in total.